The second-order valence-corrected chi connectivity index (χ2v) is 8.55. The zero-order valence-electron chi connectivity index (χ0n) is 19.0. The molecule has 0 aromatic heterocycles. The van der Waals surface area contributed by atoms with Gasteiger partial charge in [0.1, 0.15) is 5.82 Å². The van der Waals surface area contributed by atoms with Crippen LogP contribution in [0.2, 0.25) is 0 Å². The zero-order chi connectivity index (χ0) is 22.3. The first-order valence-corrected chi connectivity index (χ1v) is 12.0. The number of carbonyl (C=O) groups is 2. The zero-order valence-corrected chi connectivity index (χ0v) is 19.0. The van der Waals surface area contributed by atoms with E-state index in [1.807, 2.05) is 0 Å². The van der Waals surface area contributed by atoms with E-state index in [0.717, 1.165) is 43.2 Å². The number of unbranched alkanes of at least 4 members (excludes halogenated alkanes) is 8. The van der Waals surface area contributed by atoms with Gasteiger partial charge < -0.3 is 5.32 Å². The topological polar surface area (TPSA) is 46.2 Å². The van der Waals surface area contributed by atoms with Crippen LogP contribution in [0.1, 0.15) is 89.5 Å². The summed E-state index contributed by atoms with van der Waals surface area (Å²) < 4.78 is 12.9. The number of allylic oxidation sites excluding steroid dienone is 4. The molecule has 31 heavy (non-hydrogen) atoms. The second kappa shape index (κ2) is 14.7. The van der Waals surface area contributed by atoms with Gasteiger partial charge in [0.05, 0.1) is 0 Å². The number of hydrogen-bond donors (Lipinski definition) is 1. The average molecular weight is 427 g/mol. The maximum absolute atomic E-state index is 12.9. The molecule has 170 valence electrons. The highest BCUT2D eigenvalue weighted by Gasteiger charge is 2.21. The summed E-state index contributed by atoms with van der Waals surface area (Å²) in [5.41, 5.74) is 1.87. The molecule has 2 rings (SSSR count). The summed E-state index contributed by atoms with van der Waals surface area (Å²) in [4.78, 5) is 24.1. The predicted octanol–water partition coefficient (Wildman–Crippen LogP) is 6.82. The van der Waals surface area contributed by atoms with E-state index < -0.39 is 0 Å². The van der Waals surface area contributed by atoms with Crippen molar-refractivity contribution >= 4 is 11.7 Å². The van der Waals surface area contributed by atoms with E-state index in [1.165, 1.54) is 50.7 Å². The van der Waals surface area contributed by atoms with E-state index in [0.29, 0.717) is 18.9 Å². The molecule has 0 spiro atoms. The van der Waals surface area contributed by atoms with E-state index in [2.05, 4.69) is 24.4 Å². The smallest absolute Gasteiger partial charge is 0.220 e. The Morgan fingerprint density at radius 1 is 1.00 bits per heavy atom. The number of halogens is 1. The minimum atomic E-state index is -0.270. The van der Waals surface area contributed by atoms with Crippen molar-refractivity contribution in [3.63, 3.8) is 0 Å². The molecule has 1 amide bonds. The van der Waals surface area contributed by atoms with Crippen LogP contribution in [-0.2, 0) is 16.1 Å². The fraction of sp³-hybridized carbons (Fsp3) is 0.556. The molecule has 1 aromatic rings. The summed E-state index contributed by atoms with van der Waals surface area (Å²) in [5.74, 6) is 0.234. The first-order valence-electron chi connectivity index (χ1n) is 12.0. The summed E-state index contributed by atoms with van der Waals surface area (Å²) in [6.45, 7) is 2.66. The van der Waals surface area contributed by atoms with E-state index in [1.54, 1.807) is 18.2 Å². The summed E-state index contributed by atoms with van der Waals surface area (Å²) in [5, 5.41) is 2.87. The standard InChI is InChI=1S/C27H38FNO2/c1-2-3-4-5-6-9-12-23-17-20-26(30)25(23)13-10-7-8-11-14-27(31)29-21-22-15-18-24(28)19-16-22/h13,15-20,23H,2-12,14,21H2,1H3,(H,29,31)/b25-13+/t23-/m0/s1/i28-1. The fourth-order valence-corrected chi connectivity index (χ4v) is 3.99. The number of nitrogens with one attached hydrogen (secondary N) is 1. The Kier molecular flexibility index (Phi) is 11.9. The van der Waals surface area contributed by atoms with E-state index in [4.69, 9.17) is 0 Å². The number of amides is 1. The Morgan fingerprint density at radius 2 is 1.71 bits per heavy atom. The highest BCUT2D eigenvalue weighted by molar-refractivity contribution is 6.07. The van der Waals surface area contributed by atoms with Crippen molar-refractivity contribution in [3.8, 4) is 0 Å². The van der Waals surface area contributed by atoms with Crippen LogP contribution < -0.4 is 5.32 Å². The monoisotopic (exact) mass is 426 g/mol. The van der Waals surface area contributed by atoms with Crippen LogP contribution in [0.25, 0.3) is 0 Å². The van der Waals surface area contributed by atoms with Crippen molar-refractivity contribution < 1.29 is 14.0 Å². The highest BCUT2D eigenvalue weighted by atomic mass is 18.2. The third-order valence-corrected chi connectivity index (χ3v) is 5.91. The molecule has 1 atom stereocenters. The molecule has 1 N–H and O–H groups in total. The van der Waals surface area contributed by atoms with Crippen LogP contribution in [0.4, 0.5) is 4.39 Å². The fourth-order valence-electron chi connectivity index (χ4n) is 3.99. The quantitative estimate of drug-likeness (QED) is 0.247. The van der Waals surface area contributed by atoms with Gasteiger partial charge in [0.2, 0.25) is 5.91 Å². The molecule has 0 heterocycles. The van der Waals surface area contributed by atoms with E-state index in [-0.39, 0.29) is 17.5 Å². The molecule has 0 bridgehead atoms. The van der Waals surface area contributed by atoms with Crippen LogP contribution in [0.5, 0.6) is 0 Å². The lowest BCUT2D eigenvalue weighted by Gasteiger charge is -2.10. The first-order chi connectivity index (χ1) is 15.1. The van der Waals surface area contributed by atoms with Gasteiger partial charge in [0.15, 0.2) is 5.78 Å². The molecule has 0 unspecified atom stereocenters. The van der Waals surface area contributed by atoms with E-state index >= 15 is 0 Å². The SMILES string of the molecule is CCCCCCCC[C@H]1C=CC(=O)/C1=C/CCCCCC(=O)NCc1ccc([18F])cc1. The normalized spacial score (nSPS) is 16.9. The van der Waals surface area contributed by atoms with Crippen molar-refractivity contribution in [2.45, 2.75) is 90.5 Å². The summed E-state index contributed by atoms with van der Waals surface area (Å²) in [7, 11) is 0. The van der Waals surface area contributed by atoms with Gasteiger partial charge in [-0.05, 0) is 49.5 Å². The molecule has 0 aliphatic heterocycles. The van der Waals surface area contributed by atoms with Gasteiger partial charge in [-0.2, -0.15) is 0 Å². The molecule has 3 nitrogen and oxygen atoms in total. The number of hydrogen-bond acceptors (Lipinski definition) is 2. The van der Waals surface area contributed by atoms with Gasteiger partial charge in [-0.25, -0.2) is 4.39 Å². The van der Waals surface area contributed by atoms with Crippen molar-refractivity contribution in [1.29, 1.82) is 0 Å². The van der Waals surface area contributed by atoms with Crippen molar-refractivity contribution in [3.05, 3.63) is 59.4 Å². The Hall–Kier alpha value is -2.23. The summed E-state index contributed by atoms with van der Waals surface area (Å²) in [6, 6.07) is 6.17. The van der Waals surface area contributed by atoms with Crippen LogP contribution in [0.3, 0.4) is 0 Å². The first kappa shape index (κ1) is 25.0. The molecule has 1 aliphatic rings. The number of carbonyl (C=O) groups excluding carboxylic acids is 2. The van der Waals surface area contributed by atoms with Crippen molar-refractivity contribution in [1.82, 2.24) is 5.32 Å². The molecule has 0 fully saturated rings. The van der Waals surface area contributed by atoms with Gasteiger partial charge in [-0.1, -0.05) is 76.2 Å². The lowest BCUT2D eigenvalue weighted by atomic mass is 9.94. The maximum Gasteiger partial charge on any atom is 0.220 e. The molecular formula is C27H38FNO2. The predicted molar refractivity (Wildman–Crippen MR) is 125 cm³/mol. The molecule has 1 aliphatic carbocycles. The van der Waals surface area contributed by atoms with Crippen LogP contribution in [0.15, 0.2) is 48.1 Å². The van der Waals surface area contributed by atoms with Gasteiger partial charge in [0, 0.05) is 24.5 Å². The molecule has 0 saturated heterocycles. The lowest BCUT2D eigenvalue weighted by Crippen LogP contribution is -2.22. The molecule has 0 saturated carbocycles. The third-order valence-electron chi connectivity index (χ3n) is 5.91. The van der Waals surface area contributed by atoms with Crippen molar-refractivity contribution in [2.75, 3.05) is 0 Å². The Morgan fingerprint density at radius 3 is 2.48 bits per heavy atom. The average Bonchev–Trinajstić information content (AvgIpc) is 3.12. The largest absolute Gasteiger partial charge is 0.352 e. The second-order valence-electron chi connectivity index (χ2n) is 8.55. The van der Waals surface area contributed by atoms with Crippen LogP contribution in [0, 0.1) is 11.7 Å². The van der Waals surface area contributed by atoms with Gasteiger partial charge in [-0.15, -0.1) is 0 Å². The van der Waals surface area contributed by atoms with Crippen LogP contribution >= 0.6 is 0 Å². The molecule has 0 radical (unpaired) electrons. The van der Waals surface area contributed by atoms with Gasteiger partial charge in [-0.3, -0.25) is 9.59 Å². The summed E-state index contributed by atoms with van der Waals surface area (Å²) >= 11 is 0. The Bertz CT molecular complexity index is 736. The Balaban J connectivity index is 1.56. The van der Waals surface area contributed by atoms with Crippen molar-refractivity contribution in [2.24, 2.45) is 5.92 Å². The minimum absolute atomic E-state index is 0.0249. The number of benzene rings is 1. The Labute approximate surface area is 187 Å². The van der Waals surface area contributed by atoms with Gasteiger partial charge in [0.25, 0.3) is 0 Å². The number of ketones is 1. The van der Waals surface area contributed by atoms with Gasteiger partial charge >= 0.3 is 0 Å². The molecule has 4 heteroatoms. The maximum atomic E-state index is 12.9. The van der Waals surface area contributed by atoms with Crippen LogP contribution in [-0.4, -0.2) is 11.7 Å². The van der Waals surface area contributed by atoms with E-state index in [9.17, 15) is 14.0 Å². The number of rotatable bonds is 15. The minimum Gasteiger partial charge on any atom is -0.352 e. The molecular weight excluding hydrogens is 388 g/mol. The highest BCUT2D eigenvalue weighted by Crippen LogP contribution is 2.28. The third kappa shape index (κ3) is 10.1. The molecule has 1 aromatic carbocycles. The lowest BCUT2D eigenvalue weighted by molar-refractivity contribution is -0.121. The summed E-state index contributed by atoms with van der Waals surface area (Å²) in [6.07, 6.45) is 18.9.